The summed E-state index contributed by atoms with van der Waals surface area (Å²) in [5, 5.41) is 2.02. The zero-order valence-corrected chi connectivity index (χ0v) is 12.4. The van der Waals surface area contributed by atoms with Crippen LogP contribution in [0.5, 0.6) is 0 Å². The molecule has 19 heavy (non-hydrogen) atoms. The molecule has 0 radical (unpaired) electrons. The van der Waals surface area contributed by atoms with E-state index in [0.717, 1.165) is 25.1 Å². The number of hydrogen-bond donors (Lipinski definition) is 1. The third-order valence-electron chi connectivity index (χ3n) is 3.02. The van der Waals surface area contributed by atoms with Gasteiger partial charge < -0.3 is 5.73 Å². The SMILES string of the molecule is NCC#Cc1csc(CN2CCCS(=O)(=O)CC2)c1. The molecule has 0 amide bonds. The molecule has 2 rings (SSSR count). The summed E-state index contributed by atoms with van der Waals surface area (Å²) in [4.78, 5) is 3.43. The first-order valence-corrected chi connectivity index (χ1v) is 8.98. The fraction of sp³-hybridized carbons (Fsp3) is 0.538. The fourth-order valence-corrected chi connectivity index (χ4v) is 4.22. The molecule has 0 aliphatic carbocycles. The van der Waals surface area contributed by atoms with Crippen molar-refractivity contribution in [3.05, 3.63) is 21.9 Å². The molecule has 0 unspecified atom stereocenters. The van der Waals surface area contributed by atoms with Gasteiger partial charge in [-0.3, -0.25) is 4.90 Å². The maximum Gasteiger partial charge on any atom is 0.151 e. The van der Waals surface area contributed by atoms with Gasteiger partial charge >= 0.3 is 0 Å². The Morgan fingerprint density at radius 1 is 1.37 bits per heavy atom. The van der Waals surface area contributed by atoms with Crippen LogP contribution in [0.25, 0.3) is 0 Å². The average molecular weight is 298 g/mol. The van der Waals surface area contributed by atoms with Crippen molar-refractivity contribution in [3.8, 4) is 11.8 Å². The Bertz CT molecular complexity index is 581. The zero-order chi connectivity index (χ0) is 13.7. The number of rotatable bonds is 2. The van der Waals surface area contributed by atoms with Crippen LogP contribution in [-0.2, 0) is 16.4 Å². The van der Waals surface area contributed by atoms with Gasteiger partial charge in [0.1, 0.15) is 0 Å². The lowest BCUT2D eigenvalue weighted by atomic mass is 10.3. The highest BCUT2D eigenvalue weighted by atomic mass is 32.2. The summed E-state index contributed by atoms with van der Waals surface area (Å²) in [6.07, 6.45) is 0.730. The van der Waals surface area contributed by atoms with E-state index in [4.69, 9.17) is 5.73 Å². The highest BCUT2D eigenvalue weighted by molar-refractivity contribution is 7.91. The molecule has 0 aromatic carbocycles. The summed E-state index contributed by atoms with van der Waals surface area (Å²) in [6.45, 7) is 2.66. The first-order chi connectivity index (χ1) is 9.09. The summed E-state index contributed by atoms with van der Waals surface area (Å²) >= 11 is 1.67. The van der Waals surface area contributed by atoms with Crippen LogP contribution in [0.2, 0.25) is 0 Å². The van der Waals surface area contributed by atoms with Crippen LogP contribution in [0.15, 0.2) is 11.4 Å². The van der Waals surface area contributed by atoms with Gasteiger partial charge in [-0.05, 0) is 19.0 Å². The molecule has 104 valence electrons. The minimum absolute atomic E-state index is 0.276. The molecule has 2 N–H and O–H groups in total. The van der Waals surface area contributed by atoms with Crippen molar-refractivity contribution < 1.29 is 8.42 Å². The Labute approximate surface area is 118 Å². The van der Waals surface area contributed by atoms with Crippen LogP contribution in [0.4, 0.5) is 0 Å². The molecular weight excluding hydrogens is 280 g/mol. The van der Waals surface area contributed by atoms with Crippen molar-refractivity contribution in [1.29, 1.82) is 0 Å². The van der Waals surface area contributed by atoms with Gasteiger partial charge in [0.2, 0.25) is 0 Å². The van der Waals surface area contributed by atoms with Crippen molar-refractivity contribution >= 4 is 21.2 Å². The zero-order valence-electron chi connectivity index (χ0n) is 10.8. The second-order valence-electron chi connectivity index (χ2n) is 4.59. The van der Waals surface area contributed by atoms with Gasteiger partial charge in [0.25, 0.3) is 0 Å². The van der Waals surface area contributed by atoms with Gasteiger partial charge in [-0.15, -0.1) is 11.3 Å². The lowest BCUT2D eigenvalue weighted by Crippen LogP contribution is -2.26. The molecule has 0 atom stereocenters. The summed E-state index contributed by atoms with van der Waals surface area (Å²) < 4.78 is 23.1. The lowest BCUT2D eigenvalue weighted by molar-refractivity contribution is 0.290. The van der Waals surface area contributed by atoms with Gasteiger partial charge in [-0.2, -0.15) is 0 Å². The first-order valence-electron chi connectivity index (χ1n) is 6.28. The number of nitrogens with zero attached hydrogens (tertiary/aromatic N) is 1. The quantitative estimate of drug-likeness (QED) is 0.816. The standard InChI is InChI=1S/C13H18N2O2S2/c14-4-1-3-12-9-13(18-11-12)10-15-5-2-7-19(16,17)8-6-15/h9,11H,2,4-8,10,14H2. The predicted octanol–water partition coefficient (Wildman–Crippen LogP) is 0.679. The number of thiophene rings is 1. The second kappa shape index (κ2) is 6.53. The van der Waals surface area contributed by atoms with Crippen LogP contribution >= 0.6 is 11.3 Å². The molecule has 0 spiro atoms. The lowest BCUT2D eigenvalue weighted by Gasteiger charge is -2.17. The van der Waals surface area contributed by atoms with E-state index in [1.807, 2.05) is 5.38 Å². The van der Waals surface area contributed by atoms with E-state index in [9.17, 15) is 8.42 Å². The Morgan fingerprint density at radius 2 is 2.21 bits per heavy atom. The first kappa shape index (κ1) is 14.5. The highest BCUT2D eigenvalue weighted by Crippen LogP contribution is 2.17. The monoisotopic (exact) mass is 298 g/mol. The van der Waals surface area contributed by atoms with Gasteiger partial charge in [-0.25, -0.2) is 8.42 Å². The predicted molar refractivity (Wildman–Crippen MR) is 78.8 cm³/mol. The van der Waals surface area contributed by atoms with Crippen LogP contribution < -0.4 is 5.73 Å². The van der Waals surface area contributed by atoms with E-state index in [1.54, 1.807) is 11.3 Å². The molecule has 1 aliphatic rings. The Hall–Kier alpha value is -0.870. The third kappa shape index (κ3) is 4.62. The smallest absolute Gasteiger partial charge is 0.151 e. The summed E-state index contributed by atoms with van der Waals surface area (Å²) in [6, 6.07) is 2.06. The van der Waals surface area contributed by atoms with E-state index in [-0.39, 0.29) is 5.75 Å². The fourth-order valence-electron chi connectivity index (χ4n) is 2.05. The van der Waals surface area contributed by atoms with E-state index in [1.165, 1.54) is 4.88 Å². The molecule has 1 aromatic rings. The van der Waals surface area contributed by atoms with Crippen LogP contribution in [0, 0.1) is 11.8 Å². The largest absolute Gasteiger partial charge is 0.320 e. The molecule has 6 heteroatoms. The van der Waals surface area contributed by atoms with Crippen molar-refractivity contribution in [1.82, 2.24) is 4.90 Å². The Balaban J connectivity index is 1.95. The minimum atomic E-state index is -2.83. The molecule has 4 nitrogen and oxygen atoms in total. The molecule has 1 aromatic heterocycles. The van der Waals surface area contributed by atoms with Gasteiger partial charge in [0.05, 0.1) is 18.1 Å². The number of sulfone groups is 1. The summed E-state index contributed by atoms with van der Waals surface area (Å²) in [5.74, 6) is 6.44. The Morgan fingerprint density at radius 3 is 3.00 bits per heavy atom. The third-order valence-corrected chi connectivity index (χ3v) is 5.65. The minimum Gasteiger partial charge on any atom is -0.320 e. The van der Waals surface area contributed by atoms with Crippen molar-refractivity contribution in [2.75, 3.05) is 31.1 Å². The average Bonchev–Trinajstić information content (AvgIpc) is 2.73. The topological polar surface area (TPSA) is 63.4 Å². The van der Waals surface area contributed by atoms with Crippen LogP contribution in [-0.4, -0.2) is 44.5 Å². The molecule has 1 saturated heterocycles. The molecule has 1 fully saturated rings. The van der Waals surface area contributed by atoms with E-state index in [2.05, 4.69) is 22.8 Å². The van der Waals surface area contributed by atoms with E-state index >= 15 is 0 Å². The van der Waals surface area contributed by atoms with E-state index < -0.39 is 9.84 Å². The van der Waals surface area contributed by atoms with Crippen molar-refractivity contribution in [2.45, 2.75) is 13.0 Å². The van der Waals surface area contributed by atoms with Gasteiger partial charge in [-0.1, -0.05) is 11.8 Å². The molecule has 0 bridgehead atoms. The summed E-state index contributed by atoms with van der Waals surface area (Å²) in [5.41, 5.74) is 6.33. The number of hydrogen-bond acceptors (Lipinski definition) is 5. The van der Waals surface area contributed by atoms with Crippen LogP contribution in [0.3, 0.4) is 0 Å². The molecule has 1 aliphatic heterocycles. The van der Waals surface area contributed by atoms with Gasteiger partial charge in [0.15, 0.2) is 9.84 Å². The Kier molecular flexibility index (Phi) is 4.99. The molecule has 0 saturated carbocycles. The normalized spacial score (nSPS) is 19.4. The van der Waals surface area contributed by atoms with Gasteiger partial charge in [0, 0.05) is 28.9 Å². The maximum atomic E-state index is 11.5. The van der Waals surface area contributed by atoms with Crippen molar-refractivity contribution in [2.24, 2.45) is 5.73 Å². The number of nitrogens with two attached hydrogens (primary N) is 1. The second-order valence-corrected chi connectivity index (χ2v) is 7.89. The molecule has 2 heterocycles. The summed E-state index contributed by atoms with van der Waals surface area (Å²) in [7, 11) is -2.83. The highest BCUT2D eigenvalue weighted by Gasteiger charge is 2.19. The maximum absolute atomic E-state index is 11.5. The van der Waals surface area contributed by atoms with Crippen molar-refractivity contribution in [3.63, 3.8) is 0 Å². The van der Waals surface area contributed by atoms with Crippen LogP contribution in [0.1, 0.15) is 16.9 Å². The van der Waals surface area contributed by atoms with E-state index in [0.29, 0.717) is 18.8 Å². The molecular formula is C13H18N2O2S2.